The molecule has 0 spiro atoms. The molecule has 0 saturated carbocycles. The quantitative estimate of drug-likeness (QED) is 0.659. The average molecular weight is 218 g/mol. The zero-order chi connectivity index (χ0) is 11.2. The summed E-state index contributed by atoms with van der Waals surface area (Å²) < 4.78 is 11.0. The molecule has 0 aliphatic heterocycles. The predicted octanol–water partition coefficient (Wildman–Crippen LogP) is 4.66. The second kappa shape index (κ2) is 5.59. The van der Waals surface area contributed by atoms with Crippen LogP contribution in [0, 0.1) is 0 Å². The van der Waals surface area contributed by atoms with Gasteiger partial charge in [0, 0.05) is 6.42 Å². The van der Waals surface area contributed by atoms with E-state index < -0.39 is 0 Å². The Morgan fingerprint density at radius 2 is 1.94 bits per heavy atom. The van der Waals surface area contributed by atoms with Crippen LogP contribution in [-0.4, -0.2) is 0 Å². The van der Waals surface area contributed by atoms with Gasteiger partial charge < -0.3 is 8.83 Å². The maximum absolute atomic E-state index is 5.71. The van der Waals surface area contributed by atoms with Gasteiger partial charge in [0.05, 0.1) is 6.26 Å². The Balaban J connectivity index is 1.88. The Morgan fingerprint density at radius 1 is 1.00 bits per heavy atom. The topological polar surface area (TPSA) is 26.3 Å². The van der Waals surface area contributed by atoms with Gasteiger partial charge in [-0.05, 0) is 30.7 Å². The smallest absolute Gasteiger partial charge is 0.169 e. The van der Waals surface area contributed by atoms with Crippen molar-refractivity contribution in [3.63, 3.8) is 0 Å². The van der Waals surface area contributed by atoms with Crippen LogP contribution in [0.5, 0.6) is 0 Å². The second-order valence-electron chi connectivity index (χ2n) is 4.05. The van der Waals surface area contributed by atoms with Gasteiger partial charge in [-0.3, -0.25) is 0 Å². The van der Waals surface area contributed by atoms with Crippen molar-refractivity contribution in [1.82, 2.24) is 0 Å². The van der Waals surface area contributed by atoms with E-state index in [2.05, 4.69) is 6.92 Å². The number of furan rings is 2. The van der Waals surface area contributed by atoms with Crippen LogP contribution in [0.4, 0.5) is 0 Å². The van der Waals surface area contributed by atoms with Gasteiger partial charge in [-0.15, -0.1) is 0 Å². The fourth-order valence-corrected chi connectivity index (χ4v) is 1.79. The van der Waals surface area contributed by atoms with Crippen LogP contribution in [0.25, 0.3) is 11.5 Å². The zero-order valence-corrected chi connectivity index (χ0v) is 9.74. The van der Waals surface area contributed by atoms with E-state index in [0.29, 0.717) is 0 Å². The molecule has 2 aromatic heterocycles. The summed E-state index contributed by atoms with van der Waals surface area (Å²) in [4.78, 5) is 0. The molecule has 0 fully saturated rings. The molecule has 0 saturated heterocycles. The van der Waals surface area contributed by atoms with Gasteiger partial charge in [0.15, 0.2) is 11.5 Å². The van der Waals surface area contributed by atoms with Crippen LogP contribution in [0.15, 0.2) is 39.4 Å². The Hall–Kier alpha value is -1.44. The lowest BCUT2D eigenvalue weighted by Gasteiger charge is -1.96. The number of aryl methyl sites for hydroxylation is 1. The summed E-state index contributed by atoms with van der Waals surface area (Å²) in [7, 11) is 0. The van der Waals surface area contributed by atoms with Gasteiger partial charge in [-0.1, -0.05) is 26.2 Å². The Bertz CT molecular complexity index is 398. The molecule has 0 aliphatic carbocycles. The lowest BCUT2D eigenvalue weighted by molar-refractivity contribution is 0.482. The highest BCUT2D eigenvalue weighted by molar-refractivity contribution is 5.49. The summed E-state index contributed by atoms with van der Waals surface area (Å²) in [5.41, 5.74) is 0. The highest BCUT2D eigenvalue weighted by atomic mass is 16.4. The molecular weight excluding hydrogens is 200 g/mol. The summed E-state index contributed by atoms with van der Waals surface area (Å²) in [5, 5.41) is 0. The summed E-state index contributed by atoms with van der Waals surface area (Å²) >= 11 is 0. The minimum absolute atomic E-state index is 0.805. The first kappa shape index (κ1) is 11.1. The minimum atomic E-state index is 0.805. The molecule has 16 heavy (non-hydrogen) atoms. The van der Waals surface area contributed by atoms with E-state index in [4.69, 9.17) is 8.83 Å². The standard InChI is InChI=1S/C14H18O2/c1-2-3-4-5-7-12-9-10-14(16-12)13-8-6-11-15-13/h6,8-11H,2-5,7H2,1H3. The van der Waals surface area contributed by atoms with Crippen molar-refractivity contribution >= 4 is 0 Å². The van der Waals surface area contributed by atoms with E-state index in [9.17, 15) is 0 Å². The van der Waals surface area contributed by atoms with Crippen LogP contribution in [0.1, 0.15) is 38.4 Å². The van der Waals surface area contributed by atoms with Crippen molar-refractivity contribution in [1.29, 1.82) is 0 Å². The van der Waals surface area contributed by atoms with Gasteiger partial charge in [0.25, 0.3) is 0 Å². The first-order valence-corrected chi connectivity index (χ1v) is 6.02. The third kappa shape index (κ3) is 2.78. The molecule has 0 aromatic carbocycles. The summed E-state index contributed by atoms with van der Waals surface area (Å²) in [5.74, 6) is 2.69. The maximum Gasteiger partial charge on any atom is 0.169 e. The summed E-state index contributed by atoms with van der Waals surface area (Å²) in [6.45, 7) is 2.22. The van der Waals surface area contributed by atoms with Crippen molar-refractivity contribution in [2.45, 2.75) is 39.0 Å². The average Bonchev–Trinajstić information content (AvgIpc) is 2.94. The largest absolute Gasteiger partial charge is 0.461 e. The van der Waals surface area contributed by atoms with Crippen LogP contribution < -0.4 is 0 Å². The SMILES string of the molecule is CCCCCCc1ccc(-c2ccco2)o1. The lowest BCUT2D eigenvalue weighted by Crippen LogP contribution is -1.82. The fraction of sp³-hybridized carbons (Fsp3) is 0.429. The molecule has 0 aliphatic rings. The van der Waals surface area contributed by atoms with Crippen molar-refractivity contribution in [3.05, 3.63) is 36.3 Å². The molecule has 0 atom stereocenters. The molecule has 0 radical (unpaired) electrons. The molecule has 2 aromatic rings. The van der Waals surface area contributed by atoms with Crippen LogP contribution in [0.2, 0.25) is 0 Å². The van der Waals surface area contributed by atoms with E-state index in [-0.39, 0.29) is 0 Å². The molecule has 0 amide bonds. The van der Waals surface area contributed by atoms with Gasteiger partial charge in [0.1, 0.15) is 5.76 Å². The molecule has 2 nitrogen and oxygen atoms in total. The second-order valence-corrected chi connectivity index (χ2v) is 4.05. The summed E-state index contributed by atoms with van der Waals surface area (Å²) in [6, 6.07) is 7.82. The number of rotatable bonds is 6. The molecule has 86 valence electrons. The predicted molar refractivity (Wildman–Crippen MR) is 64.3 cm³/mol. The van der Waals surface area contributed by atoms with E-state index >= 15 is 0 Å². The Morgan fingerprint density at radius 3 is 2.69 bits per heavy atom. The number of unbranched alkanes of at least 4 members (excludes halogenated alkanes) is 3. The number of hydrogen-bond donors (Lipinski definition) is 0. The Labute approximate surface area is 96.3 Å². The van der Waals surface area contributed by atoms with Gasteiger partial charge in [-0.25, -0.2) is 0 Å². The molecule has 0 unspecified atom stereocenters. The first-order valence-electron chi connectivity index (χ1n) is 6.02. The fourth-order valence-electron chi connectivity index (χ4n) is 1.79. The van der Waals surface area contributed by atoms with E-state index in [1.165, 1.54) is 25.7 Å². The molecule has 2 heterocycles. The first-order chi connectivity index (χ1) is 7.90. The van der Waals surface area contributed by atoms with Gasteiger partial charge in [-0.2, -0.15) is 0 Å². The molecule has 0 N–H and O–H groups in total. The van der Waals surface area contributed by atoms with Crippen molar-refractivity contribution in [2.24, 2.45) is 0 Å². The summed E-state index contributed by atoms with van der Waals surface area (Å²) in [6.07, 6.45) is 7.77. The highest BCUT2D eigenvalue weighted by Crippen LogP contribution is 2.23. The molecule has 2 heteroatoms. The third-order valence-corrected chi connectivity index (χ3v) is 2.70. The van der Waals surface area contributed by atoms with Gasteiger partial charge >= 0.3 is 0 Å². The van der Waals surface area contributed by atoms with E-state index in [1.807, 2.05) is 24.3 Å². The highest BCUT2D eigenvalue weighted by Gasteiger charge is 2.06. The zero-order valence-electron chi connectivity index (χ0n) is 9.74. The van der Waals surface area contributed by atoms with Gasteiger partial charge in [0.2, 0.25) is 0 Å². The van der Waals surface area contributed by atoms with Crippen molar-refractivity contribution in [2.75, 3.05) is 0 Å². The minimum Gasteiger partial charge on any atom is -0.461 e. The molecular formula is C14H18O2. The maximum atomic E-state index is 5.71. The number of hydrogen-bond acceptors (Lipinski definition) is 2. The molecule has 0 bridgehead atoms. The molecule has 2 rings (SSSR count). The monoisotopic (exact) mass is 218 g/mol. The Kier molecular flexibility index (Phi) is 3.86. The van der Waals surface area contributed by atoms with Crippen LogP contribution >= 0.6 is 0 Å². The lowest BCUT2D eigenvalue weighted by atomic mass is 10.1. The van der Waals surface area contributed by atoms with E-state index in [1.54, 1.807) is 6.26 Å². The van der Waals surface area contributed by atoms with Crippen molar-refractivity contribution < 1.29 is 8.83 Å². The van der Waals surface area contributed by atoms with Crippen molar-refractivity contribution in [3.8, 4) is 11.5 Å². The normalized spacial score (nSPS) is 10.8. The third-order valence-electron chi connectivity index (χ3n) is 2.70. The van der Waals surface area contributed by atoms with Crippen LogP contribution in [-0.2, 0) is 6.42 Å². The van der Waals surface area contributed by atoms with Crippen LogP contribution in [0.3, 0.4) is 0 Å². The van der Waals surface area contributed by atoms with E-state index in [0.717, 1.165) is 23.7 Å².